The molecule has 0 spiro atoms. The second-order valence-corrected chi connectivity index (χ2v) is 6.76. The first-order valence-corrected chi connectivity index (χ1v) is 8.87. The van der Waals surface area contributed by atoms with Crippen molar-refractivity contribution >= 4 is 0 Å². The van der Waals surface area contributed by atoms with E-state index in [0.717, 1.165) is 31.9 Å². The molecule has 0 saturated carbocycles. The molecule has 4 rings (SSSR count). The quantitative estimate of drug-likeness (QED) is 0.736. The summed E-state index contributed by atoms with van der Waals surface area (Å²) in [4.78, 5) is 2.48. The van der Waals surface area contributed by atoms with E-state index in [-0.39, 0.29) is 5.54 Å². The van der Waals surface area contributed by atoms with Gasteiger partial charge in [0.2, 0.25) is 0 Å². The highest BCUT2D eigenvalue weighted by molar-refractivity contribution is 5.34. The van der Waals surface area contributed by atoms with E-state index in [1.807, 2.05) is 4.68 Å². The molecule has 0 saturated heterocycles. The fourth-order valence-electron chi connectivity index (χ4n) is 3.70. The van der Waals surface area contributed by atoms with Crippen molar-refractivity contribution < 1.29 is 0 Å². The Morgan fingerprint density at radius 3 is 2.44 bits per heavy atom. The van der Waals surface area contributed by atoms with Crippen molar-refractivity contribution in [3.05, 3.63) is 77.1 Å². The molecular weight excluding hydrogens is 310 g/mol. The standard InChI is InChI=1S/C20H23N5/c1-3-16-9-11-18(12-10-16)20(2)19-21-22-23-25(19)14-13-24(20)15-17-7-5-4-6-8-17/h4-12H,3,13-15H2,1-2H3/t20-/m1/s1. The van der Waals surface area contributed by atoms with Crippen LogP contribution in [0.15, 0.2) is 54.6 Å². The third kappa shape index (κ3) is 2.74. The lowest BCUT2D eigenvalue weighted by molar-refractivity contribution is 0.0833. The largest absolute Gasteiger partial charge is 0.281 e. The zero-order valence-corrected chi connectivity index (χ0v) is 14.8. The maximum Gasteiger partial charge on any atom is 0.176 e. The lowest BCUT2D eigenvalue weighted by Gasteiger charge is -2.43. The Bertz CT molecular complexity index is 840. The van der Waals surface area contributed by atoms with Gasteiger partial charge in [0.25, 0.3) is 0 Å². The molecule has 0 radical (unpaired) electrons. The molecule has 0 fully saturated rings. The van der Waals surface area contributed by atoms with Crippen LogP contribution in [0.4, 0.5) is 0 Å². The van der Waals surface area contributed by atoms with Crippen molar-refractivity contribution in [1.82, 2.24) is 25.1 Å². The molecule has 2 heterocycles. The van der Waals surface area contributed by atoms with E-state index < -0.39 is 0 Å². The van der Waals surface area contributed by atoms with Gasteiger partial charge in [0.1, 0.15) is 5.54 Å². The van der Waals surface area contributed by atoms with Gasteiger partial charge in [-0.05, 0) is 40.5 Å². The fourth-order valence-corrected chi connectivity index (χ4v) is 3.70. The molecule has 3 aromatic rings. The maximum absolute atomic E-state index is 4.38. The van der Waals surface area contributed by atoms with Crippen LogP contribution in [0.3, 0.4) is 0 Å². The number of tetrazole rings is 1. The number of hydrogen-bond donors (Lipinski definition) is 0. The van der Waals surface area contributed by atoms with E-state index in [1.54, 1.807) is 0 Å². The summed E-state index contributed by atoms with van der Waals surface area (Å²) >= 11 is 0. The molecule has 0 N–H and O–H groups in total. The second-order valence-electron chi connectivity index (χ2n) is 6.76. The molecule has 1 aliphatic heterocycles. The zero-order chi connectivity index (χ0) is 17.3. The molecule has 5 nitrogen and oxygen atoms in total. The Morgan fingerprint density at radius 1 is 0.960 bits per heavy atom. The molecule has 0 unspecified atom stereocenters. The highest BCUT2D eigenvalue weighted by atomic mass is 15.6. The minimum Gasteiger partial charge on any atom is -0.281 e. The van der Waals surface area contributed by atoms with E-state index >= 15 is 0 Å². The van der Waals surface area contributed by atoms with Crippen LogP contribution in [-0.4, -0.2) is 31.7 Å². The molecular formula is C20H23N5. The van der Waals surface area contributed by atoms with Gasteiger partial charge in [-0.3, -0.25) is 4.90 Å². The molecule has 1 atom stereocenters. The zero-order valence-electron chi connectivity index (χ0n) is 14.8. The Labute approximate surface area is 148 Å². The van der Waals surface area contributed by atoms with Crippen molar-refractivity contribution in [3.63, 3.8) is 0 Å². The number of rotatable bonds is 4. The Morgan fingerprint density at radius 2 is 1.72 bits per heavy atom. The van der Waals surface area contributed by atoms with E-state index in [0.29, 0.717) is 0 Å². The van der Waals surface area contributed by atoms with Gasteiger partial charge in [-0.2, -0.15) is 0 Å². The first-order chi connectivity index (χ1) is 12.2. The highest BCUT2D eigenvalue weighted by Crippen LogP contribution is 2.37. The van der Waals surface area contributed by atoms with Crippen LogP contribution >= 0.6 is 0 Å². The summed E-state index contributed by atoms with van der Waals surface area (Å²) in [5.74, 6) is 0.916. The number of aryl methyl sites for hydroxylation is 1. The molecule has 128 valence electrons. The van der Waals surface area contributed by atoms with Gasteiger partial charge in [-0.25, -0.2) is 4.68 Å². The van der Waals surface area contributed by atoms with Gasteiger partial charge in [-0.15, -0.1) is 5.10 Å². The van der Waals surface area contributed by atoms with Crippen LogP contribution in [0.1, 0.15) is 36.4 Å². The molecule has 1 aromatic heterocycles. The van der Waals surface area contributed by atoms with Gasteiger partial charge < -0.3 is 0 Å². The van der Waals surface area contributed by atoms with Crippen LogP contribution < -0.4 is 0 Å². The van der Waals surface area contributed by atoms with Crippen molar-refractivity contribution in [2.45, 2.75) is 38.9 Å². The van der Waals surface area contributed by atoms with Crippen molar-refractivity contribution in [3.8, 4) is 0 Å². The summed E-state index contributed by atoms with van der Waals surface area (Å²) in [5, 5.41) is 12.5. The van der Waals surface area contributed by atoms with E-state index in [2.05, 4.69) is 88.9 Å². The summed E-state index contributed by atoms with van der Waals surface area (Å²) in [6.45, 7) is 7.02. The van der Waals surface area contributed by atoms with Gasteiger partial charge in [-0.1, -0.05) is 61.5 Å². The number of nitrogens with zero attached hydrogens (tertiary/aromatic N) is 5. The van der Waals surface area contributed by atoms with Crippen LogP contribution in [-0.2, 0) is 25.0 Å². The van der Waals surface area contributed by atoms with Crippen LogP contribution in [0.5, 0.6) is 0 Å². The minimum atomic E-state index is -0.343. The van der Waals surface area contributed by atoms with E-state index in [4.69, 9.17) is 0 Å². The van der Waals surface area contributed by atoms with Gasteiger partial charge in [0.05, 0.1) is 6.54 Å². The van der Waals surface area contributed by atoms with E-state index in [1.165, 1.54) is 16.7 Å². The van der Waals surface area contributed by atoms with Gasteiger partial charge in [0.15, 0.2) is 5.82 Å². The molecule has 25 heavy (non-hydrogen) atoms. The predicted molar refractivity (Wildman–Crippen MR) is 96.9 cm³/mol. The Hall–Kier alpha value is -2.53. The fraction of sp³-hybridized carbons (Fsp3) is 0.350. The normalized spacial score (nSPS) is 20.4. The molecule has 0 bridgehead atoms. The van der Waals surface area contributed by atoms with Crippen LogP contribution in [0.25, 0.3) is 0 Å². The molecule has 2 aromatic carbocycles. The number of fused-ring (bicyclic) bond motifs is 1. The van der Waals surface area contributed by atoms with Crippen molar-refractivity contribution in [2.24, 2.45) is 0 Å². The molecule has 0 aliphatic carbocycles. The first-order valence-electron chi connectivity index (χ1n) is 8.87. The number of benzene rings is 2. The molecule has 0 amide bonds. The van der Waals surface area contributed by atoms with Gasteiger partial charge >= 0.3 is 0 Å². The number of aromatic nitrogens is 4. The summed E-state index contributed by atoms with van der Waals surface area (Å²) < 4.78 is 1.94. The SMILES string of the molecule is CCc1ccc([C@]2(C)c3nnnn3CCN2Cc2ccccc2)cc1. The predicted octanol–water partition coefficient (Wildman–Crippen LogP) is 3.01. The van der Waals surface area contributed by atoms with E-state index in [9.17, 15) is 0 Å². The first kappa shape index (κ1) is 16.0. The smallest absolute Gasteiger partial charge is 0.176 e. The summed E-state index contributed by atoms with van der Waals surface area (Å²) in [7, 11) is 0. The lowest BCUT2D eigenvalue weighted by atomic mass is 9.86. The summed E-state index contributed by atoms with van der Waals surface area (Å²) in [5.41, 5.74) is 3.54. The number of hydrogen-bond acceptors (Lipinski definition) is 4. The third-order valence-electron chi connectivity index (χ3n) is 5.32. The Kier molecular flexibility index (Phi) is 4.09. The average Bonchev–Trinajstić information content (AvgIpc) is 3.15. The maximum atomic E-state index is 4.38. The lowest BCUT2D eigenvalue weighted by Crippen LogP contribution is -2.51. The second kappa shape index (κ2) is 6.41. The van der Waals surface area contributed by atoms with Crippen molar-refractivity contribution in [1.29, 1.82) is 0 Å². The minimum absolute atomic E-state index is 0.343. The third-order valence-corrected chi connectivity index (χ3v) is 5.32. The molecule has 5 heteroatoms. The van der Waals surface area contributed by atoms with Crippen LogP contribution in [0, 0.1) is 0 Å². The molecule has 1 aliphatic rings. The van der Waals surface area contributed by atoms with Gasteiger partial charge in [0, 0.05) is 13.1 Å². The monoisotopic (exact) mass is 333 g/mol. The highest BCUT2D eigenvalue weighted by Gasteiger charge is 2.43. The topological polar surface area (TPSA) is 46.8 Å². The Balaban J connectivity index is 1.77. The average molecular weight is 333 g/mol. The summed E-state index contributed by atoms with van der Waals surface area (Å²) in [6, 6.07) is 19.5. The van der Waals surface area contributed by atoms with Crippen molar-refractivity contribution in [2.75, 3.05) is 6.54 Å². The van der Waals surface area contributed by atoms with Crippen LogP contribution in [0.2, 0.25) is 0 Å². The summed E-state index contributed by atoms with van der Waals surface area (Å²) in [6.07, 6.45) is 1.04.